The fraction of sp³-hybridized carbons (Fsp3) is 0.600. The van der Waals surface area contributed by atoms with Crippen LogP contribution in [0.2, 0.25) is 0 Å². The number of phosphoric ester groups is 1. The van der Waals surface area contributed by atoms with E-state index >= 15 is 0 Å². The molecule has 40 heavy (non-hydrogen) atoms. The van der Waals surface area contributed by atoms with E-state index in [0.29, 0.717) is 25.9 Å². The molecule has 0 aromatic carbocycles. The second-order valence-corrected chi connectivity index (χ2v) is 12.7. The first kappa shape index (κ1) is 32.6. The number of anilines is 1. The molecule has 21 nitrogen and oxygen atoms in total. The Bertz CT molecular complexity index is 1430. The van der Waals surface area contributed by atoms with Crippen LogP contribution >= 0.6 is 35.7 Å². The molecule has 9 N–H and O–H groups in total. The summed E-state index contributed by atoms with van der Waals surface area (Å²) in [6.07, 6.45) is -3.80. The normalized spacial score (nSPS) is 25.6. The van der Waals surface area contributed by atoms with Gasteiger partial charge in [-0.2, -0.15) is 0 Å². The predicted octanol–water partition coefficient (Wildman–Crippen LogP) is -2.98. The fourth-order valence-corrected chi connectivity index (χ4v) is 6.55. The molecule has 0 aliphatic carbocycles. The van der Waals surface area contributed by atoms with E-state index in [1.807, 2.05) is 0 Å². The van der Waals surface area contributed by atoms with Gasteiger partial charge < -0.3 is 60.8 Å². The lowest BCUT2D eigenvalue weighted by Gasteiger charge is -2.33. The number of nitrogens with zero attached hydrogens (tertiary/aromatic N) is 4. The molecule has 4 unspecified atom stereocenters. The Hall–Kier alpha value is -1.87. The quantitative estimate of drug-likeness (QED) is 0.0353. The number of hydrogen-bond donors (Lipinski definition) is 7. The van der Waals surface area contributed by atoms with Crippen molar-refractivity contribution in [3.8, 4) is 0 Å². The van der Waals surface area contributed by atoms with Gasteiger partial charge in [-0.3, -0.25) is 23.3 Å². The average molecular weight is 649 g/mol. The summed E-state index contributed by atoms with van der Waals surface area (Å²) in [7, 11) is -17.9. The summed E-state index contributed by atoms with van der Waals surface area (Å²) in [6.45, 7) is -0.186. The number of aliphatic hydroxyl groups excluding tert-OH is 2. The number of aromatic amines is 1. The highest BCUT2D eigenvalue weighted by molar-refractivity contribution is 7.71. The first-order valence-corrected chi connectivity index (χ1v) is 15.8. The maximum atomic E-state index is 11.8. The van der Waals surface area contributed by atoms with Gasteiger partial charge in [0, 0.05) is 13.1 Å². The topological polar surface area (TPSA) is 341 Å². The Balaban J connectivity index is 1.68. The SMILES string of the molecule is NC(N)=NCCCCNc1nc(=S)c2ncn([C@@H]3O[C@H](COP(=O)([O-])OP(=O)([O-])OP(=O)([O-])O)[C@H](O)C3O)c2[nH]1. The molecule has 0 saturated carbocycles. The van der Waals surface area contributed by atoms with E-state index in [2.05, 4.69) is 38.4 Å². The highest BCUT2D eigenvalue weighted by atomic mass is 32.1. The van der Waals surface area contributed by atoms with Gasteiger partial charge in [0.25, 0.3) is 23.5 Å². The molecule has 2 aromatic heterocycles. The number of aliphatic imine (C=N–C) groups is 1. The zero-order chi connectivity index (χ0) is 29.9. The van der Waals surface area contributed by atoms with E-state index in [1.165, 1.54) is 10.9 Å². The summed E-state index contributed by atoms with van der Waals surface area (Å²) in [5.74, 6) is 0.232. The van der Waals surface area contributed by atoms with Crippen LogP contribution in [0, 0.1) is 4.64 Å². The maximum Gasteiger partial charge on any atom is 0.280 e. The van der Waals surface area contributed by atoms with Gasteiger partial charge in [-0.25, -0.2) is 18.6 Å². The third kappa shape index (κ3) is 9.07. The number of fused-ring (bicyclic) bond motifs is 1. The van der Waals surface area contributed by atoms with Crippen LogP contribution in [0.3, 0.4) is 0 Å². The Morgan fingerprint density at radius 3 is 2.55 bits per heavy atom. The molecule has 1 aliphatic heterocycles. The van der Waals surface area contributed by atoms with E-state index in [1.54, 1.807) is 0 Å². The van der Waals surface area contributed by atoms with Crippen molar-refractivity contribution in [2.45, 2.75) is 37.4 Å². The monoisotopic (exact) mass is 649 g/mol. The van der Waals surface area contributed by atoms with Gasteiger partial charge in [0.15, 0.2) is 16.8 Å². The van der Waals surface area contributed by atoms with Crippen LogP contribution in [0.5, 0.6) is 0 Å². The molecule has 2 aromatic rings. The Labute approximate surface area is 229 Å². The molecule has 7 atom stereocenters. The largest absolute Gasteiger partial charge is 0.756 e. The lowest BCUT2D eigenvalue weighted by Crippen LogP contribution is -2.34. The number of imidazole rings is 1. The standard InChI is InChI=1S/C15H27N8O13P3S/c16-14(17)18-3-1-2-4-19-15-21-11-8(12(40)22-15)20-6-23(11)13-10(25)9(24)7(34-13)5-33-38(29,30)36-39(31,32)35-37(26,27)28/h6-7,9-10,13,24-25H,1-5H2,(H,29,30)(H,31,32)(H4,16,17,18)(H2,26,27,28)(H2,19,21,22,40)/p-3/t7-,9+,10?,13-/m1/s1. The van der Waals surface area contributed by atoms with Crippen molar-refractivity contribution in [1.29, 1.82) is 0 Å². The summed E-state index contributed by atoms with van der Waals surface area (Å²) >= 11 is 5.26. The van der Waals surface area contributed by atoms with Gasteiger partial charge in [0.2, 0.25) is 5.95 Å². The molecule has 3 rings (SSSR count). The summed E-state index contributed by atoms with van der Waals surface area (Å²) < 4.78 is 51.5. The average Bonchev–Trinajstić information content (AvgIpc) is 3.33. The molecule has 1 saturated heterocycles. The molecule has 0 radical (unpaired) electrons. The fourth-order valence-electron chi connectivity index (χ4n) is 3.41. The molecule has 0 bridgehead atoms. The third-order valence-electron chi connectivity index (χ3n) is 5.03. The van der Waals surface area contributed by atoms with Gasteiger partial charge in [-0.05, 0) is 12.8 Å². The maximum absolute atomic E-state index is 11.8. The zero-order valence-corrected chi connectivity index (χ0v) is 23.5. The van der Waals surface area contributed by atoms with Crippen LogP contribution in [-0.4, -0.2) is 78.6 Å². The molecule has 1 aliphatic rings. The van der Waals surface area contributed by atoms with Gasteiger partial charge in [-0.1, -0.05) is 12.2 Å². The number of phosphoric acid groups is 3. The molecule has 0 amide bonds. The van der Waals surface area contributed by atoms with Gasteiger partial charge >= 0.3 is 0 Å². The van der Waals surface area contributed by atoms with E-state index in [9.17, 15) is 38.6 Å². The summed E-state index contributed by atoms with van der Waals surface area (Å²) in [5, 5.41) is 23.9. The van der Waals surface area contributed by atoms with Crippen LogP contribution in [0.25, 0.3) is 11.2 Å². The number of nitrogens with one attached hydrogen (secondary N) is 2. The van der Waals surface area contributed by atoms with Crippen molar-refractivity contribution >= 4 is 58.8 Å². The molecule has 226 valence electrons. The lowest BCUT2D eigenvalue weighted by molar-refractivity contribution is -0.250. The van der Waals surface area contributed by atoms with Gasteiger partial charge in [0.1, 0.15) is 29.5 Å². The Morgan fingerprint density at radius 1 is 1.20 bits per heavy atom. The predicted molar refractivity (Wildman–Crippen MR) is 130 cm³/mol. The third-order valence-corrected chi connectivity index (χ3v) is 9.01. The van der Waals surface area contributed by atoms with Crippen molar-refractivity contribution in [3.63, 3.8) is 0 Å². The number of aliphatic hydroxyl groups is 2. The summed E-state index contributed by atoms with van der Waals surface area (Å²) in [5.41, 5.74) is 11.0. The number of guanidine groups is 1. The number of aromatic nitrogens is 4. The van der Waals surface area contributed by atoms with E-state index < -0.39 is 54.6 Å². The number of rotatable bonds is 14. The smallest absolute Gasteiger partial charge is 0.280 e. The number of hydrogen-bond acceptors (Lipinski definition) is 17. The van der Waals surface area contributed by atoms with E-state index in [4.69, 9.17) is 33.3 Å². The van der Waals surface area contributed by atoms with Crippen LogP contribution in [-0.2, 0) is 31.6 Å². The molecule has 1 fully saturated rings. The lowest BCUT2D eigenvalue weighted by atomic mass is 10.1. The first-order chi connectivity index (χ1) is 18.5. The second kappa shape index (κ2) is 13.0. The second-order valence-electron chi connectivity index (χ2n) is 8.05. The van der Waals surface area contributed by atoms with Crippen LogP contribution in [0.15, 0.2) is 11.3 Å². The molecule has 25 heteroatoms. The molecule has 0 spiro atoms. The summed E-state index contributed by atoms with van der Waals surface area (Å²) in [4.78, 5) is 57.2. The highest BCUT2D eigenvalue weighted by Gasteiger charge is 2.45. The Kier molecular flexibility index (Phi) is 10.6. The zero-order valence-electron chi connectivity index (χ0n) is 20.0. The van der Waals surface area contributed by atoms with Crippen molar-refractivity contribution in [1.82, 2.24) is 19.5 Å². The minimum absolute atomic E-state index is 0.0122. The molecule has 3 heterocycles. The van der Waals surface area contributed by atoms with E-state index in [-0.39, 0.29) is 27.7 Å². The molecular weight excluding hydrogens is 625 g/mol. The number of ether oxygens (including phenoxy) is 1. The number of unbranched alkanes of at least 4 members (excludes halogenated alkanes) is 1. The Morgan fingerprint density at radius 2 is 1.90 bits per heavy atom. The minimum Gasteiger partial charge on any atom is -0.756 e. The van der Waals surface area contributed by atoms with E-state index in [0.717, 1.165) is 0 Å². The van der Waals surface area contributed by atoms with Crippen LogP contribution in [0.4, 0.5) is 5.95 Å². The molecular formula is C15H24N8O13P3S-3. The number of nitrogens with two attached hydrogens (primary N) is 2. The first-order valence-electron chi connectivity index (χ1n) is 11.0. The van der Waals surface area contributed by atoms with Crippen molar-refractivity contribution in [2.24, 2.45) is 16.5 Å². The summed E-state index contributed by atoms with van der Waals surface area (Å²) in [6, 6.07) is 0. The van der Waals surface area contributed by atoms with Gasteiger partial charge in [-0.15, -0.1) is 0 Å². The number of H-pyrrole nitrogens is 1. The van der Waals surface area contributed by atoms with Gasteiger partial charge in [0.05, 0.1) is 12.9 Å². The van der Waals surface area contributed by atoms with Crippen molar-refractivity contribution < 1.29 is 61.4 Å². The van der Waals surface area contributed by atoms with Crippen molar-refractivity contribution in [3.05, 3.63) is 11.0 Å². The minimum atomic E-state index is -6.11. The van der Waals surface area contributed by atoms with Crippen molar-refractivity contribution in [2.75, 3.05) is 25.0 Å². The van der Waals surface area contributed by atoms with Crippen LogP contribution < -0.4 is 31.5 Å². The highest BCUT2D eigenvalue weighted by Crippen LogP contribution is 2.61. The van der Waals surface area contributed by atoms with Crippen LogP contribution in [0.1, 0.15) is 19.1 Å².